The number of carbonyl (C=O) groups is 1. The Morgan fingerprint density at radius 1 is 1.14 bits per heavy atom. The lowest BCUT2D eigenvalue weighted by molar-refractivity contribution is 0.0442. The Morgan fingerprint density at radius 2 is 1.77 bits per heavy atom. The molecule has 1 saturated heterocycles. The quantitative estimate of drug-likeness (QED) is 0.609. The maximum absolute atomic E-state index is 12.0. The van der Waals surface area contributed by atoms with Gasteiger partial charge in [0, 0.05) is 24.5 Å². The summed E-state index contributed by atoms with van der Waals surface area (Å²) in [5.74, 6) is -0.274. The molecule has 0 amide bonds. The van der Waals surface area contributed by atoms with Gasteiger partial charge in [0.05, 0.1) is 32.0 Å². The van der Waals surface area contributed by atoms with Crippen LogP contribution in [0.25, 0.3) is 0 Å². The monoisotopic (exact) mass is 325 g/mol. The standard InChI is InChI=1S/C16H23NO4S/c1-22-15-4-2-14(3-5-15)16(18)21-11-8-17-6-9-19-12-13-20-10-7-17/h2-5H,6-13H2,1H3. The predicted octanol–water partition coefficient (Wildman–Crippen LogP) is 1.91. The third kappa shape index (κ3) is 5.96. The van der Waals surface area contributed by atoms with E-state index in [-0.39, 0.29) is 5.97 Å². The summed E-state index contributed by atoms with van der Waals surface area (Å²) in [5, 5.41) is 0. The second-order valence-electron chi connectivity index (χ2n) is 4.93. The fourth-order valence-corrected chi connectivity index (χ4v) is 2.53. The van der Waals surface area contributed by atoms with Crippen LogP contribution in [-0.2, 0) is 14.2 Å². The third-order valence-electron chi connectivity index (χ3n) is 3.44. The van der Waals surface area contributed by atoms with Crippen LogP contribution in [-0.4, -0.2) is 69.8 Å². The minimum Gasteiger partial charge on any atom is -0.461 e. The van der Waals surface area contributed by atoms with Gasteiger partial charge in [0.25, 0.3) is 0 Å². The van der Waals surface area contributed by atoms with Crippen LogP contribution in [0.2, 0.25) is 0 Å². The van der Waals surface area contributed by atoms with Crippen molar-refractivity contribution in [2.45, 2.75) is 4.90 Å². The Hall–Kier alpha value is -1.08. The summed E-state index contributed by atoms with van der Waals surface area (Å²) >= 11 is 1.65. The van der Waals surface area contributed by atoms with Gasteiger partial charge in [-0.2, -0.15) is 0 Å². The fourth-order valence-electron chi connectivity index (χ4n) is 2.12. The Kier molecular flexibility index (Phi) is 7.73. The molecule has 0 aromatic heterocycles. The van der Waals surface area contributed by atoms with E-state index >= 15 is 0 Å². The number of nitrogens with zero attached hydrogens (tertiary/aromatic N) is 1. The Balaban J connectivity index is 1.72. The molecule has 0 unspecified atom stereocenters. The van der Waals surface area contributed by atoms with Gasteiger partial charge in [-0.15, -0.1) is 11.8 Å². The minimum atomic E-state index is -0.274. The molecule has 0 radical (unpaired) electrons. The molecule has 0 atom stereocenters. The van der Waals surface area contributed by atoms with E-state index in [0.29, 0.717) is 45.1 Å². The topological polar surface area (TPSA) is 48.0 Å². The van der Waals surface area contributed by atoms with Gasteiger partial charge in [-0.05, 0) is 30.5 Å². The first-order chi connectivity index (χ1) is 10.8. The zero-order chi connectivity index (χ0) is 15.6. The van der Waals surface area contributed by atoms with Crippen LogP contribution in [0.4, 0.5) is 0 Å². The molecule has 0 bridgehead atoms. The van der Waals surface area contributed by atoms with Gasteiger partial charge in [-0.3, -0.25) is 4.90 Å². The number of carbonyl (C=O) groups excluding carboxylic acids is 1. The van der Waals surface area contributed by atoms with Gasteiger partial charge in [-0.25, -0.2) is 4.79 Å². The van der Waals surface area contributed by atoms with Crippen LogP contribution in [0.5, 0.6) is 0 Å². The molecule has 0 spiro atoms. The molecule has 0 aliphatic carbocycles. The zero-order valence-electron chi connectivity index (χ0n) is 13.0. The van der Waals surface area contributed by atoms with Gasteiger partial charge in [-0.1, -0.05) is 0 Å². The highest BCUT2D eigenvalue weighted by atomic mass is 32.2. The Morgan fingerprint density at radius 3 is 2.36 bits per heavy atom. The molecule has 0 N–H and O–H groups in total. The molecule has 1 aromatic carbocycles. The number of benzene rings is 1. The van der Waals surface area contributed by atoms with Crippen LogP contribution in [0.1, 0.15) is 10.4 Å². The highest BCUT2D eigenvalue weighted by Crippen LogP contribution is 2.15. The Labute approximate surface area is 135 Å². The number of rotatable bonds is 5. The number of thioether (sulfide) groups is 1. The summed E-state index contributed by atoms with van der Waals surface area (Å²) in [6.07, 6.45) is 2.01. The average Bonchev–Trinajstić information content (AvgIpc) is 2.69. The molecule has 122 valence electrons. The molecule has 2 rings (SSSR count). The average molecular weight is 325 g/mol. The van der Waals surface area contributed by atoms with Crippen molar-refractivity contribution in [3.63, 3.8) is 0 Å². The maximum atomic E-state index is 12.0. The van der Waals surface area contributed by atoms with Crippen molar-refractivity contribution >= 4 is 17.7 Å². The molecular weight excluding hydrogens is 302 g/mol. The summed E-state index contributed by atoms with van der Waals surface area (Å²) in [6.45, 7) is 5.42. The molecule has 1 aliphatic rings. The predicted molar refractivity (Wildman–Crippen MR) is 86.6 cm³/mol. The van der Waals surface area contributed by atoms with Crippen LogP contribution in [0.15, 0.2) is 29.2 Å². The van der Waals surface area contributed by atoms with Gasteiger partial charge in [0.15, 0.2) is 0 Å². The van der Waals surface area contributed by atoms with E-state index in [1.807, 2.05) is 18.4 Å². The molecular formula is C16H23NO4S. The van der Waals surface area contributed by atoms with E-state index in [4.69, 9.17) is 14.2 Å². The summed E-state index contributed by atoms with van der Waals surface area (Å²) in [6, 6.07) is 7.46. The van der Waals surface area contributed by atoms with E-state index in [1.165, 1.54) is 0 Å². The Bertz CT molecular complexity index is 442. The molecule has 1 heterocycles. The lowest BCUT2D eigenvalue weighted by Gasteiger charge is -2.20. The lowest BCUT2D eigenvalue weighted by atomic mass is 10.2. The summed E-state index contributed by atoms with van der Waals surface area (Å²) in [7, 11) is 0. The number of ether oxygens (including phenoxy) is 3. The first-order valence-electron chi connectivity index (χ1n) is 7.48. The van der Waals surface area contributed by atoms with Crippen molar-refractivity contribution in [3.05, 3.63) is 29.8 Å². The zero-order valence-corrected chi connectivity index (χ0v) is 13.8. The van der Waals surface area contributed by atoms with Crippen LogP contribution >= 0.6 is 11.8 Å². The van der Waals surface area contributed by atoms with Crippen molar-refractivity contribution in [2.75, 3.05) is 58.9 Å². The van der Waals surface area contributed by atoms with Gasteiger partial charge >= 0.3 is 5.97 Å². The fraction of sp³-hybridized carbons (Fsp3) is 0.562. The maximum Gasteiger partial charge on any atom is 0.338 e. The largest absolute Gasteiger partial charge is 0.461 e. The minimum absolute atomic E-state index is 0.274. The van der Waals surface area contributed by atoms with Gasteiger partial charge in [0.2, 0.25) is 0 Å². The number of hydrogen-bond acceptors (Lipinski definition) is 6. The van der Waals surface area contributed by atoms with E-state index < -0.39 is 0 Å². The number of esters is 1. The van der Waals surface area contributed by atoms with Crippen molar-refractivity contribution in [3.8, 4) is 0 Å². The number of hydrogen-bond donors (Lipinski definition) is 0. The van der Waals surface area contributed by atoms with E-state index in [1.54, 1.807) is 23.9 Å². The van der Waals surface area contributed by atoms with Crippen molar-refractivity contribution in [2.24, 2.45) is 0 Å². The molecule has 22 heavy (non-hydrogen) atoms. The van der Waals surface area contributed by atoms with Gasteiger partial charge in [0.1, 0.15) is 6.61 Å². The van der Waals surface area contributed by atoms with Crippen LogP contribution in [0, 0.1) is 0 Å². The molecule has 6 heteroatoms. The normalized spacial score (nSPS) is 17.3. The van der Waals surface area contributed by atoms with E-state index in [0.717, 1.165) is 18.0 Å². The van der Waals surface area contributed by atoms with Crippen LogP contribution in [0.3, 0.4) is 0 Å². The molecule has 1 aromatic rings. The summed E-state index contributed by atoms with van der Waals surface area (Å²) < 4.78 is 16.2. The molecule has 1 aliphatic heterocycles. The first-order valence-corrected chi connectivity index (χ1v) is 8.71. The highest BCUT2D eigenvalue weighted by Gasteiger charge is 2.10. The third-order valence-corrected chi connectivity index (χ3v) is 4.19. The first kappa shape index (κ1) is 17.3. The lowest BCUT2D eigenvalue weighted by Crippen LogP contribution is -2.33. The van der Waals surface area contributed by atoms with Gasteiger partial charge < -0.3 is 14.2 Å². The molecule has 5 nitrogen and oxygen atoms in total. The van der Waals surface area contributed by atoms with Crippen molar-refractivity contribution in [1.82, 2.24) is 4.90 Å². The summed E-state index contributed by atoms with van der Waals surface area (Å²) in [4.78, 5) is 15.3. The molecule has 0 saturated carbocycles. The second-order valence-corrected chi connectivity index (χ2v) is 5.81. The SMILES string of the molecule is CSc1ccc(C(=O)OCCN2CCOCCOCC2)cc1. The highest BCUT2D eigenvalue weighted by molar-refractivity contribution is 7.98. The van der Waals surface area contributed by atoms with Crippen molar-refractivity contribution < 1.29 is 19.0 Å². The summed E-state index contributed by atoms with van der Waals surface area (Å²) in [5.41, 5.74) is 0.592. The second kappa shape index (κ2) is 9.84. The smallest absolute Gasteiger partial charge is 0.338 e. The van der Waals surface area contributed by atoms with E-state index in [9.17, 15) is 4.79 Å². The van der Waals surface area contributed by atoms with Crippen molar-refractivity contribution in [1.29, 1.82) is 0 Å². The molecule has 1 fully saturated rings. The van der Waals surface area contributed by atoms with E-state index in [2.05, 4.69) is 4.90 Å². The van der Waals surface area contributed by atoms with Crippen LogP contribution < -0.4 is 0 Å².